The predicted octanol–water partition coefficient (Wildman–Crippen LogP) is 3.62. The molecule has 3 heterocycles. The van der Waals surface area contributed by atoms with Gasteiger partial charge in [0.05, 0.1) is 23.2 Å². The number of carbonyl (C=O) groups is 1. The second-order valence-electron chi connectivity index (χ2n) is 7.43. The van der Waals surface area contributed by atoms with Gasteiger partial charge in [-0.15, -0.1) is 11.8 Å². The summed E-state index contributed by atoms with van der Waals surface area (Å²) in [5, 5.41) is 0. The SMILES string of the molecule is Cc1cccc(C(=O)N2CC3(CC(OCc4cccc(C)n4)CS3)C2)c1. The summed E-state index contributed by atoms with van der Waals surface area (Å²) in [6.45, 7) is 6.24. The number of pyridine rings is 1. The third-order valence-corrected chi connectivity index (χ3v) is 6.67. The van der Waals surface area contributed by atoms with Crippen LogP contribution in [0.2, 0.25) is 0 Å². The van der Waals surface area contributed by atoms with Gasteiger partial charge in [-0.1, -0.05) is 23.8 Å². The van der Waals surface area contributed by atoms with Crippen molar-refractivity contribution in [3.63, 3.8) is 0 Å². The smallest absolute Gasteiger partial charge is 0.253 e. The van der Waals surface area contributed by atoms with Crippen LogP contribution >= 0.6 is 11.8 Å². The summed E-state index contributed by atoms with van der Waals surface area (Å²) in [5.74, 6) is 1.14. The third kappa shape index (κ3) is 3.64. The lowest BCUT2D eigenvalue weighted by Gasteiger charge is -2.47. The highest BCUT2D eigenvalue weighted by Crippen LogP contribution is 2.46. The predicted molar refractivity (Wildman–Crippen MR) is 104 cm³/mol. The lowest BCUT2D eigenvalue weighted by Crippen LogP contribution is -2.60. The Balaban J connectivity index is 1.29. The number of aryl methyl sites for hydroxylation is 2. The molecule has 1 aromatic heterocycles. The molecule has 2 aromatic rings. The van der Waals surface area contributed by atoms with Crippen molar-refractivity contribution in [1.29, 1.82) is 0 Å². The molecule has 2 aliphatic heterocycles. The van der Waals surface area contributed by atoms with E-state index in [-0.39, 0.29) is 16.8 Å². The Morgan fingerprint density at radius 2 is 2.08 bits per heavy atom. The maximum Gasteiger partial charge on any atom is 0.253 e. The molecular formula is C21H24N2O2S. The van der Waals surface area contributed by atoms with Gasteiger partial charge in [0.25, 0.3) is 5.91 Å². The highest BCUT2D eigenvalue weighted by molar-refractivity contribution is 8.01. The molecule has 26 heavy (non-hydrogen) atoms. The molecule has 2 fully saturated rings. The van der Waals surface area contributed by atoms with E-state index >= 15 is 0 Å². The second kappa shape index (κ2) is 7.05. The van der Waals surface area contributed by atoms with Crippen molar-refractivity contribution in [2.75, 3.05) is 18.8 Å². The summed E-state index contributed by atoms with van der Waals surface area (Å²) >= 11 is 1.96. The first-order valence-corrected chi connectivity index (χ1v) is 10.1. The van der Waals surface area contributed by atoms with Crippen LogP contribution in [0, 0.1) is 13.8 Å². The first-order chi connectivity index (χ1) is 12.5. The van der Waals surface area contributed by atoms with Crippen LogP contribution in [0.3, 0.4) is 0 Å². The van der Waals surface area contributed by atoms with E-state index in [9.17, 15) is 4.79 Å². The van der Waals surface area contributed by atoms with Crippen molar-refractivity contribution >= 4 is 17.7 Å². The third-order valence-electron chi connectivity index (χ3n) is 5.10. The molecule has 1 spiro atoms. The number of benzene rings is 1. The van der Waals surface area contributed by atoms with Gasteiger partial charge in [-0.3, -0.25) is 9.78 Å². The molecule has 0 bridgehead atoms. The number of aromatic nitrogens is 1. The quantitative estimate of drug-likeness (QED) is 0.827. The Morgan fingerprint density at radius 3 is 2.85 bits per heavy atom. The lowest BCUT2D eigenvalue weighted by atomic mass is 9.92. The maximum atomic E-state index is 12.6. The molecule has 1 unspecified atom stereocenters. The number of thioether (sulfide) groups is 1. The van der Waals surface area contributed by atoms with Gasteiger partial charge in [0.1, 0.15) is 0 Å². The molecular weight excluding hydrogens is 344 g/mol. The molecule has 4 rings (SSSR count). The van der Waals surface area contributed by atoms with Crippen LogP contribution in [0.4, 0.5) is 0 Å². The summed E-state index contributed by atoms with van der Waals surface area (Å²) in [7, 11) is 0. The molecule has 2 aliphatic rings. The van der Waals surface area contributed by atoms with Crippen molar-refractivity contribution in [3.8, 4) is 0 Å². The van der Waals surface area contributed by atoms with Crippen LogP contribution in [-0.2, 0) is 11.3 Å². The van der Waals surface area contributed by atoms with Crippen LogP contribution in [0.15, 0.2) is 42.5 Å². The fourth-order valence-corrected chi connectivity index (χ4v) is 5.32. The molecule has 4 nitrogen and oxygen atoms in total. The molecule has 0 aliphatic carbocycles. The summed E-state index contributed by atoms with van der Waals surface area (Å²) in [5.41, 5.74) is 3.93. The number of hydrogen-bond acceptors (Lipinski definition) is 4. The average Bonchev–Trinajstić information content (AvgIpc) is 3.03. The van der Waals surface area contributed by atoms with Gasteiger partial charge in [0.2, 0.25) is 0 Å². The van der Waals surface area contributed by atoms with Crippen molar-refractivity contribution in [1.82, 2.24) is 9.88 Å². The van der Waals surface area contributed by atoms with Crippen molar-refractivity contribution in [3.05, 3.63) is 65.0 Å². The van der Waals surface area contributed by atoms with Crippen molar-refractivity contribution < 1.29 is 9.53 Å². The zero-order valence-electron chi connectivity index (χ0n) is 15.3. The van der Waals surface area contributed by atoms with Crippen LogP contribution in [0.25, 0.3) is 0 Å². The highest BCUT2D eigenvalue weighted by atomic mass is 32.2. The number of carbonyl (C=O) groups excluding carboxylic acids is 1. The average molecular weight is 369 g/mol. The summed E-state index contributed by atoms with van der Waals surface area (Å²) in [6, 6.07) is 13.9. The minimum atomic E-state index is 0.147. The molecule has 0 radical (unpaired) electrons. The minimum absolute atomic E-state index is 0.147. The molecule has 0 N–H and O–H groups in total. The Hall–Kier alpha value is -1.85. The van der Waals surface area contributed by atoms with E-state index in [1.165, 1.54) is 0 Å². The Kier molecular flexibility index (Phi) is 4.76. The van der Waals surface area contributed by atoms with Gasteiger partial charge in [0, 0.05) is 30.1 Å². The van der Waals surface area contributed by atoms with E-state index in [4.69, 9.17) is 4.74 Å². The largest absolute Gasteiger partial charge is 0.371 e. The molecule has 1 atom stereocenters. The van der Waals surface area contributed by atoms with Gasteiger partial charge in [-0.05, 0) is 44.5 Å². The van der Waals surface area contributed by atoms with E-state index in [1.54, 1.807) is 0 Å². The van der Waals surface area contributed by atoms with Crippen LogP contribution in [0.1, 0.15) is 33.7 Å². The second-order valence-corrected chi connectivity index (χ2v) is 8.92. The van der Waals surface area contributed by atoms with Gasteiger partial charge in [0.15, 0.2) is 0 Å². The molecule has 1 aromatic carbocycles. The van der Waals surface area contributed by atoms with Crippen molar-refractivity contribution in [2.45, 2.75) is 37.7 Å². The number of hydrogen-bond donors (Lipinski definition) is 0. The number of nitrogens with zero attached hydrogens (tertiary/aromatic N) is 2. The first-order valence-electron chi connectivity index (χ1n) is 9.07. The number of likely N-dealkylation sites (tertiary alicyclic amines) is 1. The zero-order chi connectivity index (χ0) is 18.1. The molecule has 136 valence electrons. The lowest BCUT2D eigenvalue weighted by molar-refractivity contribution is 0.0245. The zero-order valence-corrected chi connectivity index (χ0v) is 16.1. The maximum absolute atomic E-state index is 12.6. The van der Waals surface area contributed by atoms with Crippen LogP contribution in [0.5, 0.6) is 0 Å². The Bertz CT molecular complexity index is 817. The number of rotatable bonds is 4. The van der Waals surface area contributed by atoms with E-state index in [0.717, 1.165) is 47.8 Å². The van der Waals surface area contributed by atoms with Gasteiger partial charge in [-0.25, -0.2) is 0 Å². The molecule has 2 saturated heterocycles. The van der Waals surface area contributed by atoms with E-state index < -0.39 is 0 Å². The van der Waals surface area contributed by atoms with E-state index in [1.807, 2.05) is 73.0 Å². The topological polar surface area (TPSA) is 42.4 Å². The van der Waals surface area contributed by atoms with Crippen LogP contribution < -0.4 is 0 Å². The molecule has 1 amide bonds. The van der Waals surface area contributed by atoms with Crippen molar-refractivity contribution in [2.24, 2.45) is 0 Å². The summed E-state index contributed by atoms with van der Waals surface area (Å²) in [6.07, 6.45) is 1.26. The van der Waals surface area contributed by atoms with Gasteiger partial charge < -0.3 is 9.64 Å². The summed E-state index contributed by atoms with van der Waals surface area (Å²) < 4.78 is 6.27. The summed E-state index contributed by atoms with van der Waals surface area (Å²) in [4.78, 5) is 19.1. The van der Waals surface area contributed by atoms with E-state index in [2.05, 4.69) is 4.98 Å². The van der Waals surface area contributed by atoms with Gasteiger partial charge >= 0.3 is 0 Å². The molecule has 0 saturated carbocycles. The fourth-order valence-electron chi connectivity index (χ4n) is 3.77. The fraction of sp³-hybridized carbons (Fsp3) is 0.429. The molecule has 5 heteroatoms. The highest BCUT2D eigenvalue weighted by Gasteiger charge is 2.51. The normalized spacial score (nSPS) is 21.0. The first kappa shape index (κ1) is 17.6. The van der Waals surface area contributed by atoms with Crippen LogP contribution in [-0.4, -0.2) is 45.5 Å². The standard InChI is InChI=1S/C21H24N2O2S/c1-15-5-3-7-17(9-15)20(24)23-13-21(14-23)10-19(12-26-21)25-11-18-8-4-6-16(2)22-18/h3-9,19H,10-14H2,1-2H3. The Labute approximate surface area is 159 Å². The monoisotopic (exact) mass is 368 g/mol. The minimum Gasteiger partial charge on any atom is -0.371 e. The Morgan fingerprint density at radius 1 is 1.27 bits per heavy atom. The number of amides is 1. The van der Waals surface area contributed by atoms with Gasteiger partial charge in [-0.2, -0.15) is 0 Å². The van der Waals surface area contributed by atoms with E-state index in [0.29, 0.717) is 6.61 Å². The number of ether oxygens (including phenoxy) is 1.